The molecule has 0 bridgehead atoms. The molecule has 2 aromatic rings. The first-order chi connectivity index (χ1) is 9.74. The summed E-state index contributed by atoms with van der Waals surface area (Å²) in [5, 5.41) is 3.54. The largest absolute Gasteiger partial charge is 0.366 e. The third kappa shape index (κ3) is 3.43. The lowest BCUT2D eigenvalue weighted by Crippen LogP contribution is -2.37. The Kier molecular flexibility index (Phi) is 4.99. The van der Waals surface area contributed by atoms with Crippen LogP contribution in [0.3, 0.4) is 0 Å². The van der Waals surface area contributed by atoms with Crippen LogP contribution in [-0.2, 0) is 19.4 Å². The van der Waals surface area contributed by atoms with Crippen LogP contribution in [0.4, 0.5) is 0 Å². The molecule has 1 heterocycles. The summed E-state index contributed by atoms with van der Waals surface area (Å²) in [7, 11) is 0. The number of rotatable bonds is 3. The Morgan fingerprint density at radius 2 is 1.76 bits per heavy atom. The van der Waals surface area contributed by atoms with Gasteiger partial charge in [0.2, 0.25) is 5.91 Å². The minimum Gasteiger partial charge on any atom is -0.366 e. The number of halogens is 1. The molecule has 2 aromatic carbocycles. The van der Waals surface area contributed by atoms with Crippen LogP contribution < -0.4 is 11.1 Å². The highest BCUT2D eigenvalue weighted by Crippen LogP contribution is 2.19. The molecule has 0 aromatic heterocycles. The minimum atomic E-state index is -0.350. The zero-order chi connectivity index (χ0) is 13.9. The standard InChI is InChI=1S/C17H18N2O.ClH/c18-17(20)16-8-4-3-6-13(16)10-15-9-12-5-1-2-7-14(12)11-19-15;/h1-8,15,19H,9-11H2,(H2,18,20);1H/t15-;/m0./s1. The lowest BCUT2D eigenvalue weighted by Gasteiger charge is -2.26. The van der Waals surface area contributed by atoms with Crippen LogP contribution in [0, 0.1) is 0 Å². The zero-order valence-corrected chi connectivity index (χ0v) is 12.5. The predicted octanol–water partition coefficient (Wildman–Crippen LogP) is 2.46. The van der Waals surface area contributed by atoms with Gasteiger partial charge in [0, 0.05) is 18.2 Å². The van der Waals surface area contributed by atoms with E-state index in [4.69, 9.17) is 5.73 Å². The average Bonchev–Trinajstić information content (AvgIpc) is 2.47. The van der Waals surface area contributed by atoms with Crippen LogP contribution in [0.15, 0.2) is 48.5 Å². The molecule has 110 valence electrons. The van der Waals surface area contributed by atoms with Crippen LogP contribution in [0.25, 0.3) is 0 Å². The normalized spacial score (nSPS) is 16.7. The summed E-state index contributed by atoms with van der Waals surface area (Å²) in [5.74, 6) is -0.350. The number of carbonyl (C=O) groups excluding carboxylic acids is 1. The van der Waals surface area contributed by atoms with Crippen molar-refractivity contribution in [2.45, 2.75) is 25.4 Å². The molecule has 0 spiro atoms. The monoisotopic (exact) mass is 302 g/mol. The van der Waals surface area contributed by atoms with E-state index in [9.17, 15) is 4.79 Å². The molecular formula is C17H19ClN2O. The molecule has 1 aliphatic heterocycles. The maximum absolute atomic E-state index is 11.5. The third-order valence-corrected chi connectivity index (χ3v) is 3.92. The summed E-state index contributed by atoms with van der Waals surface area (Å²) in [4.78, 5) is 11.5. The summed E-state index contributed by atoms with van der Waals surface area (Å²) in [6, 6.07) is 16.5. The molecule has 0 unspecified atom stereocenters. The molecule has 1 aliphatic rings. The summed E-state index contributed by atoms with van der Waals surface area (Å²) in [5.41, 5.74) is 9.86. The third-order valence-electron chi connectivity index (χ3n) is 3.92. The number of carbonyl (C=O) groups is 1. The van der Waals surface area contributed by atoms with Crippen LogP contribution in [0.1, 0.15) is 27.0 Å². The van der Waals surface area contributed by atoms with Crippen molar-refractivity contribution in [3.05, 3.63) is 70.8 Å². The minimum absolute atomic E-state index is 0. The maximum Gasteiger partial charge on any atom is 0.248 e. The second kappa shape index (κ2) is 6.74. The van der Waals surface area contributed by atoms with E-state index in [1.165, 1.54) is 11.1 Å². The summed E-state index contributed by atoms with van der Waals surface area (Å²) in [6.45, 7) is 0.888. The van der Waals surface area contributed by atoms with Crippen molar-refractivity contribution in [2.24, 2.45) is 5.73 Å². The van der Waals surface area contributed by atoms with Gasteiger partial charge in [-0.05, 0) is 35.6 Å². The van der Waals surface area contributed by atoms with E-state index in [-0.39, 0.29) is 18.3 Å². The Morgan fingerprint density at radius 1 is 1.10 bits per heavy atom. The fourth-order valence-corrected chi connectivity index (χ4v) is 2.87. The number of amides is 1. The van der Waals surface area contributed by atoms with E-state index < -0.39 is 0 Å². The average molecular weight is 303 g/mol. The lowest BCUT2D eigenvalue weighted by molar-refractivity contribution is 0.0999. The van der Waals surface area contributed by atoms with E-state index in [0.717, 1.165) is 24.9 Å². The number of primary amides is 1. The van der Waals surface area contributed by atoms with Crippen LogP contribution in [-0.4, -0.2) is 11.9 Å². The highest BCUT2D eigenvalue weighted by molar-refractivity contribution is 5.94. The van der Waals surface area contributed by atoms with Gasteiger partial charge in [0.05, 0.1) is 0 Å². The molecule has 4 heteroatoms. The Balaban J connectivity index is 0.00000161. The second-order valence-electron chi connectivity index (χ2n) is 5.28. The maximum atomic E-state index is 11.5. The van der Waals surface area contributed by atoms with Crippen LogP contribution in [0.2, 0.25) is 0 Å². The van der Waals surface area contributed by atoms with Gasteiger partial charge in [0.15, 0.2) is 0 Å². The van der Waals surface area contributed by atoms with Crippen molar-refractivity contribution < 1.29 is 4.79 Å². The van der Waals surface area contributed by atoms with Gasteiger partial charge in [-0.25, -0.2) is 0 Å². The first-order valence-electron chi connectivity index (χ1n) is 6.92. The van der Waals surface area contributed by atoms with E-state index >= 15 is 0 Å². The number of nitrogens with two attached hydrogens (primary N) is 1. The smallest absolute Gasteiger partial charge is 0.248 e. The SMILES string of the molecule is Cl.NC(=O)c1ccccc1C[C@@H]1Cc2ccccc2CN1. The van der Waals surface area contributed by atoms with Gasteiger partial charge in [-0.3, -0.25) is 4.79 Å². The molecule has 0 fully saturated rings. The molecule has 0 saturated carbocycles. The fourth-order valence-electron chi connectivity index (χ4n) is 2.87. The second-order valence-corrected chi connectivity index (χ2v) is 5.28. The van der Waals surface area contributed by atoms with Gasteiger partial charge < -0.3 is 11.1 Å². The summed E-state index contributed by atoms with van der Waals surface area (Å²) >= 11 is 0. The van der Waals surface area contributed by atoms with Gasteiger partial charge in [0.1, 0.15) is 0 Å². The highest BCUT2D eigenvalue weighted by atomic mass is 35.5. The van der Waals surface area contributed by atoms with Crippen molar-refractivity contribution >= 4 is 18.3 Å². The van der Waals surface area contributed by atoms with Gasteiger partial charge >= 0.3 is 0 Å². The van der Waals surface area contributed by atoms with Crippen molar-refractivity contribution in [3.8, 4) is 0 Å². The van der Waals surface area contributed by atoms with Crippen molar-refractivity contribution in [2.75, 3.05) is 0 Å². The number of fused-ring (bicyclic) bond motifs is 1. The number of benzene rings is 2. The van der Waals surface area contributed by atoms with Crippen molar-refractivity contribution in [1.82, 2.24) is 5.32 Å². The molecule has 0 aliphatic carbocycles. The first kappa shape index (κ1) is 15.5. The number of hydrogen-bond acceptors (Lipinski definition) is 2. The number of nitrogens with one attached hydrogen (secondary N) is 1. The summed E-state index contributed by atoms with van der Waals surface area (Å²) < 4.78 is 0. The molecule has 3 rings (SSSR count). The molecule has 0 saturated heterocycles. The Morgan fingerprint density at radius 3 is 2.52 bits per heavy atom. The van der Waals surface area contributed by atoms with Crippen LogP contribution in [0.5, 0.6) is 0 Å². The first-order valence-corrected chi connectivity index (χ1v) is 6.92. The van der Waals surface area contributed by atoms with Crippen molar-refractivity contribution in [3.63, 3.8) is 0 Å². The molecule has 0 radical (unpaired) electrons. The Bertz CT molecular complexity index is 642. The molecule has 3 nitrogen and oxygen atoms in total. The topological polar surface area (TPSA) is 55.1 Å². The van der Waals surface area contributed by atoms with Crippen molar-refractivity contribution in [1.29, 1.82) is 0 Å². The van der Waals surface area contributed by atoms with E-state index in [1.54, 1.807) is 6.07 Å². The van der Waals surface area contributed by atoms with Gasteiger partial charge in [-0.15, -0.1) is 12.4 Å². The van der Waals surface area contributed by atoms with E-state index in [1.807, 2.05) is 18.2 Å². The molecule has 3 N–H and O–H groups in total. The van der Waals surface area contributed by atoms with Crippen LogP contribution >= 0.6 is 12.4 Å². The quantitative estimate of drug-likeness (QED) is 0.915. The molecule has 21 heavy (non-hydrogen) atoms. The van der Waals surface area contributed by atoms with E-state index in [2.05, 4.69) is 29.6 Å². The lowest BCUT2D eigenvalue weighted by atomic mass is 9.91. The molecule has 1 atom stereocenters. The van der Waals surface area contributed by atoms with Gasteiger partial charge in [-0.1, -0.05) is 42.5 Å². The molecular weight excluding hydrogens is 284 g/mol. The zero-order valence-electron chi connectivity index (χ0n) is 11.7. The number of hydrogen-bond donors (Lipinski definition) is 2. The molecule has 1 amide bonds. The Labute approximate surface area is 131 Å². The van der Waals surface area contributed by atoms with Gasteiger partial charge in [-0.2, -0.15) is 0 Å². The summed E-state index contributed by atoms with van der Waals surface area (Å²) in [6.07, 6.45) is 1.82. The van der Waals surface area contributed by atoms with E-state index in [0.29, 0.717) is 11.6 Å². The Hall–Kier alpha value is -1.84. The van der Waals surface area contributed by atoms with Gasteiger partial charge in [0.25, 0.3) is 0 Å². The fraction of sp³-hybridized carbons (Fsp3) is 0.235. The predicted molar refractivity (Wildman–Crippen MR) is 86.7 cm³/mol. The highest BCUT2D eigenvalue weighted by Gasteiger charge is 2.19.